The Balaban J connectivity index is 2.45. The molecule has 0 unspecified atom stereocenters. The van der Waals surface area contributed by atoms with Crippen LogP contribution in [0.1, 0.15) is 37.7 Å². The molecule has 0 aliphatic heterocycles. The Bertz CT molecular complexity index is 754. The van der Waals surface area contributed by atoms with Gasteiger partial charge < -0.3 is 4.52 Å². The Morgan fingerprint density at radius 2 is 2.10 bits per heavy atom. The van der Waals surface area contributed by atoms with Gasteiger partial charge in [-0.3, -0.25) is 0 Å². The smallest absolute Gasteiger partial charge is 0.336 e. The molecule has 2 rings (SSSR count). The van der Waals surface area contributed by atoms with E-state index in [-0.39, 0.29) is 11.1 Å². The Kier molecular flexibility index (Phi) is 3.55. The van der Waals surface area contributed by atoms with E-state index in [0.717, 1.165) is 11.5 Å². The predicted octanol–water partition coefficient (Wildman–Crippen LogP) is 3.32. The van der Waals surface area contributed by atoms with Crippen molar-refractivity contribution in [3.8, 4) is 6.07 Å². The third-order valence-electron chi connectivity index (χ3n) is 2.62. The molecule has 0 radical (unpaired) electrons. The van der Waals surface area contributed by atoms with Gasteiger partial charge in [0.2, 0.25) is 0 Å². The van der Waals surface area contributed by atoms with E-state index in [4.69, 9.17) is 9.78 Å². The van der Waals surface area contributed by atoms with Gasteiger partial charge in [-0.15, -0.1) is 10.2 Å². The van der Waals surface area contributed by atoms with Crippen molar-refractivity contribution in [2.75, 3.05) is 0 Å². The molecular formula is C12H13N5O2S. The topological polar surface area (TPSA) is 107 Å². The van der Waals surface area contributed by atoms with E-state index in [1.54, 1.807) is 6.92 Å². The number of aromatic nitrogens is 2. The minimum absolute atomic E-state index is 0.118. The van der Waals surface area contributed by atoms with Crippen molar-refractivity contribution in [2.45, 2.75) is 33.1 Å². The Morgan fingerprint density at radius 1 is 1.40 bits per heavy atom. The molecular weight excluding hydrogens is 278 g/mol. The minimum atomic E-state index is -0.585. The highest BCUT2D eigenvalue weighted by atomic mass is 32.1. The molecule has 0 bridgehead atoms. The van der Waals surface area contributed by atoms with Crippen LogP contribution in [0, 0.1) is 18.3 Å². The molecule has 0 aromatic carbocycles. The number of rotatable bonds is 2. The van der Waals surface area contributed by atoms with Crippen LogP contribution in [0.15, 0.2) is 19.5 Å². The van der Waals surface area contributed by atoms with E-state index in [1.807, 2.05) is 26.8 Å². The van der Waals surface area contributed by atoms with Crippen molar-refractivity contribution in [3.63, 3.8) is 0 Å². The number of hydrogen-bond donors (Lipinski definition) is 1. The van der Waals surface area contributed by atoms with Gasteiger partial charge in [0.25, 0.3) is 0 Å². The summed E-state index contributed by atoms with van der Waals surface area (Å²) in [5.74, 6) is 0. The highest BCUT2D eigenvalue weighted by molar-refractivity contribution is 7.10. The van der Waals surface area contributed by atoms with Crippen molar-refractivity contribution in [2.24, 2.45) is 10.2 Å². The number of aromatic amines is 1. The van der Waals surface area contributed by atoms with Crippen LogP contribution >= 0.6 is 11.5 Å². The molecule has 1 N–H and O–H groups in total. The normalized spacial score (nSPS) is 11.9. The molecule has 2 aromatic heterocycles. The maximum atomic E-state index is 11.6. The summed E-state index contributed by atoms with van der Waals surface area (Å²) in [7, 11) is 0. The first-order chi connectivity index (χ1) is 9.34. The molecule has 2 heterocycles. The fourth-order valence-corrected chi connectivity index (χ4v) is 2.22. The van der Waals surface area contributed by atoms with Crippen LogP contribution in [0.2, 0.25) is 0 Å². The Labute approximate surface area is 119 Å². The summed E-state index contributed by atoms with van der Waals surface area (Å²) in [6, 6.07) is 2.02. The largest absolute Gasteiger partial charge is 0.384 e. The van der Waals surface area contributed by atoms with Crippen molar-refractivity contribution in [1.29, 1.82) is 5.26 Å². The minimum Gasteiger partial charge on any atom is -0.336 e. The summed E-state index contributed by atoms with van der Waals surface area (Å²) in [6.07, 6.45) is 0. The molecule has 0 fully saturated rings. The van der Waals surface area contributed by atoms with Gasteiger partial charge in [-0.2, -0.15) is 9.64 Å². The second-order valence-corrected chi connectivity index (χ2v) is 5.98. The summed E-state index contributed by atoms with van der Waals surface area (Å²) in [6.45, 7) is 7.48. The average molecular weight is 291 g/mol. The third kappa shape index (κ3) is 2.53. The second-order valence-electron chi connectivity index (χ2n) is 5.23. The fraction of sp³-hybridized carbons (Fsp3) is 0.417. The number of nitriles is 1. The SMILES string of the molecule is Cc1nsc(N=Nc2c(C(C)(C)C)[nH]oc2=O)c1C#N. The van der Waals surface area contributed by atoms with Crippen LogP contribution in [0.25, 0.3) is 0 Å². The van der Waals surface area contributed by atoms with Crippen molar-refractivity contribution in [1.82, 2.24) is 9.53 Å². The maximum Gasteiger partial charge on any atom is 0.384 e. The van der Waals surface area contributed by atoms with E-state index in [0.29, 0.717) is 22.0 Å². The third-order valence-corrected chi connectivity index (χ3v) is 3.45. The molecule has 0 atom stereocenters. The van der Waals surface area contributed by atoms with Crippen molar-refractivity contribution < 1.29 is 4.52 Å². The number of azo groups is 1. The van der Waals surface area contributed by atoms with E-state index >= 15 is 0 Å². The zero-order valence-electron chi connectivity index (χ0n) is 11.5. The quantitative estimate of drug-likeness (QED) is 0.856. The van der Waals surface area contributed by atoms with E-state index in [1.165, 1.54) is 0 Å². The van der Waals surface area contributed by atoms with Gasteiger partial charge in [0.1, 0.15) is 11.6 Å². The van der Waals surface area contributed by atoms with Gasteiger partial charge in [0.15, 0.2) is 10.7 Å². The number of nitrogens with one attached hydrogen (secondary N) is 1. The van der Waals surface area contributed by atoms with E-state index in [9.17, 15) is 4.79 Å². The van der Waals surface area contributed by atoms with Crippen LogP contribution in [0.5, 0.6) is 0 Å². The number of nitrogens with zero attached hydrogens (tertiary/aromatic N) is 4. The highest BCUT2D eigenvalue weighted by Gasteiger charge is 2.24. The van der Waals surface area contributed by atoms with Gasteiger partial charge in [-0.1, -0.05) is 20.8 Å². The Hall–Kier alpha value is -2.27. The first-order valence-corrected chi connectivity index (χ1v) is 6.62. The number of aryl methyl sites for hydroxylation is 1. The molecule has 0 aliphatic rings. The predicted molar refractivity (Wildman–Crippen MR) is 73.8 cm³/mol. The van der Waals surface area contributed by atoms with Crippen LogP contribution in [0.3, 0.4) is 0 Å². The zero-order chi connectivity index (χ0) is 14.9. The summed E-state index contributed by atoms with van der Waals surface area (Å²) >= 11 is 1.07. The average Bonchev–Trinajstić information content (AvgIpc) is 2.89. The monoisotopic (exact) mass is 291 g/mol. The number of H-pyrrole nitrogens is 1. The van der Waals surface area contributed by atoms with Crippen LogP contribution < -0.4 is 5.63 Å². The molecule has 20 heavy (non-hydrogen) atoms. The molecule has 0 aliphatic carbocycles. The summed E-state index contributed by atoms with van der Waals surface area (Å²) in [5.41, 5.74) is 0.735. The van der Waals surface area contributed by atoms with Crippen LogP contribution in [-0.2, 0) is 5.41 Å². The summed E-state index contributed by atoms with van der Waals surface area (Å²) in [4.78, 5) is 11.6. The van der Waals surface area contributed by atoms with Crippen molar-refractivity contribution >= 4 is 22.2 Å². The van der Waals surface area contributed by atoms with Crippen molar-refractivity contribution in [3.05, 3.63) is 27.4 Å². The van der Waals surface area contributed by atoms with Gasteiger partial charge in [-0.05, 0) is 18.5 Å². The highest BCUT2D eigenvalue weighted by Crippen LogP contribution is 2.31. The first-order valence-electron chi connectivity index (χ1n) is 5.84. The van der Waals surface area contributed by atoms with Gasteiger partial charge in [-0.25, -0.2) is 9.95 Å². The summed E-state index contributed by atoms with van der Waals surface area (Å²) < 4.78 is 8.80. The second kappa shape index (κ2) is 5.02. The molecule has 104 valence electrons. The fourth-order valence-electron chi connectivity index (χ4n) is 1.55. The molecule has 2 aromatic rings. The molecule has 0 saturated heterocycles. The first kappa shape index (κ1) is 14.1. The molecule has 0 amide bonds. The summed E-state index contributed by atoms with van der Waals surface area (Å²) in [5, 5.41) is 19.8. The van der Waals surface area contributed by atoms with Crippen LogP contribution in [-0.4, -0.2) is 9.53 Å². The van der Waals surface area contributed by atoms with Gasteiger partial charge in [0, 0.05) is 5.41 Å². The van der Waals surface area contributed by atoms with Gasteiger partial charge in [0.05, 0.1) is 11.4 Å². The molecule has 0 saturated carbocycles. The lowest BCUT2D eigenvalue weighted by molar-refractivity contribution is 0.370. The lowest BCUT2D eigenvalue weighted by Crippen LogP contribution is -2.12. The number of hydrogen-bond acceptors (Lipinski definition) is 7. The standard InChI is InChI=1S/C12H13N5O2S/c1-6-7(5-13)10(20-17-6)15-14-8-9(12(2,3)4)16-19-11(8)18/h16H,1-4H3. The zero-order valence-corrected chi connectivity index (χ0v) is 12.3. The maximum absolute atomic E-state index is 11.6. The van der Waals surface area contributed by atoms with E-state index in [2.05, 4.69) is 19.8 Å². The lowest BCUT2D eigenvalue weighted by Gasteiger charge is -2.14. The molecule has 8 heteroatoms. The molecule has 0 spiro atoms. The van der Waals surface area contributed by atoms with E-state index < -0.39 is 5.63 Å². The lowest BCUT2D eigenvalue weighted by atomic mass is 9.91. The Morgan fingerprint density at radius 3 is 2.70 bits per heavy atom. The van der Waals surface area contributed by atoms with Crippen LogP contribution in [0.4, 0.5) is 10.7 Å². The molecule has 7 nitrogen and oxygen atoms in total. The van der Waals surface area contributed by atoms with Gasteiger partial charge >= 0.3 is 5.63 Å².